The third-order valence-corrected chi connectivity index (χ3v) is 3.61. The summed E-state index contributed by atoms with van der Waals surface area (Å²) in [6, 6.07) is 15.0. The van der Waals surface area contributed by atoms with Crippen molar-refractivity contribution >= 4 is 11.6 Å². The van der Waals surface area contributed by atoms with Crippen molar-refractivity contribution in [3.63, 3.8) is 0 Å². The number of amides is 1. The van der Waals surface area contributed by atoms with E-state index in [9.17, 15) is 4.79 Å². The lowest BCUT2D eigenvalue weighted by Gasteiger charge is -2.10. The smallest absolute Gasteiger partial charge is 0.228 e. The molecular formula is C20H25NO3. The number of hydrogen-bond acceptors (Lipinski definition) is 3. The van der Waals surface area contributed by atoms with E-state index >= 15 is 0 Å². The maximum atomic E-state index is 12.2. The highest BCUT2D eigenvalue weighted by Gasteiger charge is 2.06. The number of ether oxygens (including phenoxy) is 2. The van der Waals surface area contributed by atoms with Crippen molar-refractivity contribution in [3.05, 3.63) is 54.1 Å². The highest BCUT2D eigenvalue weighted by atomic mass is 16.5. The first-order valence-electron chi connectivity index (χ1n) is 8.22. The van der Waals surface area contributed by atoms with Gasteiger partial charge in [0.1, 0.15) is 11.5 Å². The molecule has 0 aromatic heterocycles. The van der Waals surface area contributed by atoms with Gasteiger partial charge in [0.2, 0.25) is 5.91 Å². The fourth-order valence-electron chi connectivity index (χ4n) is 2.21. The van der Waals surface area contributed by atoms with Crippen LogP contribution in [-0.2, 0) is 11.2 Å². The highest BCUT2D eigenvalue weighted by Crippen LogP contribution is 2.19. The van der Waals surface area contributed by atoms with Gasteiger partial charge < -0.3 is 14.8 Å². The predicted molar refractivity (Wildman–Crippen MR) is 96.7 cm³/mol. The van der Waals surface area contributed by atoms with Crippen molar-refractivity contribution in [2.24, 2.45) is 5.92 Å². The van der Waals surface area contributed by atoms with Gasteiger partial charge in [-0.15, -0.1) is 0 Å². The summed E-state index contributed by atoms with van der Waals surface area (Å²) in [4.78, 5) is 12.2. The molecule has 0 atom stereocenters. The Balaban J connectivity index is 1.88. The van der Waals surface area contributed by atoms with Gasteiger partial charge in [0.25, 0.3) is 0 Å². The van der Waals surface area contributed by atoms with E-state index in [0.717, 1.165) is 29.2 Å². The number of rotatable bonds is 8. The van der Waals surface area contributed by atoms with E-state index in [1.165, 1.54) is 0 Å². The Morgan fingerprint density at radius 3 is 2.50 bits per heavy atom. The summed E-state index contributed by atoms with van der Waals surface area (Å²) in [5.74, 6) is 2.11. The molecule has 128 valence electrons. The fourth-order valence-corrected chi connectivity index (χ4v) is 2.21. The van der Waals surface area contributed by atoms with Crippen LogP contribution in [-0.4, -0.2) is 19.6 Å². The number of methoxy groups -OCH3 is 1. The molecule has 2 aromatic carbocycles. The molecular weight excluding hydrogens is 302 g/mol. The second-order valence-electron chi connectivity index (χ2n) is 6.13. The first-order chi connectivity index (χ1) is 11.6. The van der Waals surface area contributed by atoms with Crippen LogP contribution in [0.5, 0.6) is 11.5 Å². The van der Waals surface area contributed by atoms with Crippen molar-refractivity contribution in [1.29, 1.82) is 0 Å². The summed E-state index contributed by atoms with van der Waals surface area (Å²) in [5.41, 5.74) is 1.69. The maximum absolute atomic E-state index is 12.2. The molecule has 24 heavy (non-hydrogen) atoms. The minimum Gasteiger partial charge on any atom is -0.497 e. The van der Waals surface area contributed by atoms with Gasteiger partial charge in [-0.25, -0.2) is 0 Å². The number of hydrogen-bond donors (Lipinski definition) is 1. The third kappa shape index (κ3) is 5.95. The highest BCUT2D eigenvalue weighted by molar-refractivity contribution is 5.92. The van der Waals surface area contributed by atoms with E-state index in [4.69, 9.17) is 9.47 Å². The van der Waals surface area contributed by atoms with Crippen molar-refractivity contribution < 1.29 is 14.3 Å². The molecule has 2 aromatic rings. The SMILES string of the molecule is COc1ccc(CC(=O)Nc2cccc(OCCC(C)C)c2)cc1. The van der Waals surface area contributed by atoms with Gasteiger partial charge in [-0.05, 0) is 42.2 Å². The average Bonchev–Trinajstić information content (AvgIpc) is 2.55. The molecule has 0 spiro atoms. The number of carbonyl (C=O) groups is 1. The monoisotopic (exact) mass is 327 g/mol. The topological polar surface area (TPSA) is 47.6 Å². The summed E-state index contributed by atoms with van der Waals surface area (Å²) in [5, 5.41) is 2.91. The minimum atomic E-state index is -0.0560. The largest absolute Gasteiger partial charge is 0.497 e. The molecule has 4 nitrogen and oxygen atoms in total. The molecule has 1 amide bonds. The third-order valence-electron chi connectivity index (χ3n) is 3.61. The molecule has 0 aliphatic carbocycles. The Bertz CT molecular complexity index is 650. The van der Waals surface area contributed by atoms with Crippen LogP contribution in [0.15, 0.2) is 48.5 Å². The van der Waals surface area contributed by atoms with Crippen LogP contribution in [0.25, 0.3) is 0 Å². The molecule has 0 heterocycles. The lowest BCUT2D eigenvalue weighted by Crippen LogP contribution is -2.14. The number of benzene rings is 2. The van der Waals surface area contributed by atoms with Gasteiger partial charge in [-0.1, -0.05) is 32.0 Å². The zero-order valence-electron chi connectivity index (χ0n) is 14.5. The van der Waals surface area contributed by atoms with Gasteiger partial charge >= 0.3 is 0 Å². The van der Waals surface area contributed by atoms with Crippen LogP contribution in [0, 0.1) is 5.92 Å². The van der Waals surface area contributed by atoms with Crippen LogP contribution in [0.1, 0.15) is 25.8 Å². The van der Waals surface area contributed by atoms with E-state index in [1.54, 1.807) is 7.11 Å². The van der Waals surface area contributed by atoms with Crippen LogP contribution < -0.4 is 14.8 Å². The van der Waals surface area contributed by atoms with Crippen LogP contribution in [0.2, 0.25) is 0 Å². The summed E-state index contributed by atoms with van der Waals surface area (Å²) in [6.45, 7) is 5.01. The standard InChI is InChI=1S/C20H25NO3/c1-15(2)11-12-24-19-6-4-5-17(14-19)21-20(22)13-16-7-9-18(23-3)10-8-16/h4-10,14-15H,11-13H2,1-3H3,(H,21,22). The van der Waals surface area contributed by atoms with Crippen molar-refractivity contribution in [1.82, 2.24) is 0 Å². The quantitative estimate of drug-likeness (QED) is 0.786. The van der Waals surface area contributed by atoms with E-state index in [-0.39, 0.29) is 5.91 Å². The summed E-state index contributed by atoms with van der Waals surface area (Å²) < 4.78 is 10.8. The summed E-state index contributed by atoms with van der Waals surface area (Å²) in [7, 11) is 1.62. The Morgan fingerprint density at radius 1 is 1.08 bits per heavy atom. The fraction of sp³-hybridized carbons (Fsp3) is 0.350. The van der Waals surface area contributed by atoms with Crippen LogP contribution in [0.4, 0.5) is 5.69 Å². The molecule has 4 heteroatoms. The van der Waals surface area contributed by atoms with Crippen molar-refractivity contribution in [2.45, 2.75) is 26.7 Å². The van der Waals surface area contributed by atoms with Crippen molar-refractivity contribution in [2.75, 3.05) is 19.0 Å². The van der Waals surface area contributed by atoms with Gasteiger partial charge in [-0.3, -0.25) is 4.79 Å². The second-order valence-corrected chi connectivity index (χ2v) is 6.13. The number of nitrogens with one attached hydrogen (secondary N) is 1. The molecule has 0 saturated heterocycles. The molecule has 0 radical (unpaired) electrons. The van der Waals surface area contributed by atoms with E-state index < -0.39 is 0 Å². The van der Waals surface area contributed by atoms with Gasteiger partial charge in [0.05, 0.1) is 20.1 Å². The molecule has 0 aliphatic rings. The average molecular weight is 327 g/mol. The minimum absolute atomic E-state index is 0.0560. The molecule has 0 saturated carbocycles. The van der Waals surface area contributed by atoms with E-state index in [2.05, 4.69) is 19.2 Å². The lowest BCUT2D eigenvalue weighted by atomic mass is 10.1. The Labute approximate surface area is 143 Å². The second kappa shape index (κ2) is 8.96. The van der Waals surface area contributed by atoms with E-state index in [0.29, 0.717) is 18.9 Å². The normalized spacial score (nSPS) is 10.5. The molecule has 0 unspecified atom stereocenters. The number of anilines is 1. The molecule has 0 fully saturated rings. The van der Waals surface area contributed by atoms with Crippen LogP contribution in [0.3, 0.4) is 0 Å². The maximum Gasteiger partial charge on any atom is 0.228 e. The summed E-state index contributed by atoms with van der Waals surface area (Å²) in [6.07, 6.45) is 1.33. The molecule has 2 rings (SSSR count). The first kappa shape index (κ1) is 17.9. The van der Waals surface area contributed by atoms with Crippen molar-refractivity contribution in [3.8, 4) is 11.5 Å². The summed E-state index contributed by atoms with van der Waals surface area (Å²) >= 11 is 0. The number of carbonyl (C=O) groups excluding carboxylic acids is 1. The first-order valence-corrected chi connectivity index (χ1v) is 8.22. The van der Waals surface area contributed by atoms with Gasteiger partial charge in [0.15, 0.2) is 0 Å². The van der Waals surface area contributed by atoms with Crippen LogP contribution >= 0.6 is 0 Å². The van der Waals surface area contributed by atoms with Gasteiger partial charge in [-0.2, -0.15) is 0 Å². The van der Waals surface area contributed by atoms with Gasteiger partial charge in [0, 0.05) is 11.8 Å². The predicted octanol–water partition coefficient (Wildman–Crippen LogP) is 4.30. The zero-order valence-corrected chi connectivity index (χ0v) is 14.5. The Kier molecular flexibility index (Phi) is 6.67. The molecule has 0 aliphatic heterocycles. The Morgan fingerprint density at radius 2 is 1.83 bits per heavy atom. The molecule has 1 N–H and O–H groups in total. The van der Waals surface area contributed by atoms with E-state index in [1.807, 2.05) is 48.5 Å². The molecule has 0 bridgehead atoms. The zero-order chi connectivity index (χ0) is 17.4. The lowest BCUT2D eigenvalue weighted by molar-refractivity contribution is -0.115. The Hall–Kier alpha value is -2.49.